The predicted octanol–water partition coefficient (Wildman–Crippen LogP) is 1.09. The summed E-state index contributed by atoms with van der Waals surface area (Å²) in [6.45, 7) is 0.00706. The van der Waals surface area contributed by atoms with Crippen molar-refractivity contribution < 1.29 is 5.11 Å². The first-order chi connectivity index (χ1) is 6.27. The Kier molecular flexibility index (Phi) is 3.44. The van der Waals surface area contributed by atoms with Gasteiger partial charge < -0.3 is 10.8 Å². The van der Waals surface area contributed by atoms with Crippen LogP contribution in [0.3, 0.4) is 0 Å². The van der Waals surface area contributed by atoms with Crippen molar-refractivity contribution in [2.45, 2.75) is 19.1 Å². The molecule has 0 saturated carbocycles. The van der Waals surface area contributed by atoms with Crippen LogP contribution >= 0.6 is 0 Å². The number of nitrogens with two attached hydrogens (primary N) is 1. The van der Waals surface area contributed by atoms with E-state index in [9.17, 15) is 0 Å². The fourth-order valence-corrected chi connectivity index (χ4v) is 1.14. The van der Waals surface area contributed by atoms with Gasteiger partial charge in [-0.15, -0.1) is 0 Å². The molecule has 0 bridgehead atoms. The second kappa shape index (κ2) is 4.61. The molecule has 1 aromatic carbocycles. The number of hydrogen-bond donors (Lipinski definition) is 2. The molecule has 1 aromatic rings. The molecule has 0 fully saturated rings. The van der Waals surface area contributed by atoms with Gasteiger partial charge in [0.2, 0.25) is 0 Å². The Morgan fingerprint density at radius 1 is 1.54 bits per heavy atom. The third-order valence-corrected chi connectivity index (χ3v) is 1.87. The van der Waals surface area contributed by atoms with Gasteiger partial charge in [-0.3, -0.25) is 0 Å². The number of benzene rings is 1. The highest BCUT2D eigenvalue weighted by molar-refractivity contribution is 5.25. The summed E-state index contributed by atoms with van der Waals surface area (Å²) in [6, 6.07) is 9.10. The van der Waals surface area contributed by atoms with Crippen LogP contribution < -0.4 is 5.73 Å². The highest BCUT2D eigenvalue weighted by Crippen LogP contribution is 2.14. The Morgan fingerprint density at radius 3 is 2.92 bits per heavy atom. The standard InChI is InChI=1S/C10H12N2O/c11-5-4-10(12)9-3-1-2-8(6-9)7-13/h1-3,6,10,13H,4,7,12H2/t10-/m0/s1. The summed E-state index contributed by atoms with van der Waals surface area (Å²) in [6.07, 6.45) is 0.300. The van der Waals surface area contributed by atoms with Gasteiger partial charge in [0, 0.05) is 6.04 Å². The lowest BCUT2D eigenvalue weighted by atomic mass is 10.0. The van der Waals surface area contributed by atoms with Crippen molar-refractivity contribution in [1.82, 2.24) is 0 Å². The first kappa shape index (κ1) is 9.72. The lowest BCUT2D eigenvalue weighted by Crippen LogP contribution is -2.09. The van der Waals surface area contributed by atoms with Gasteiger partial charge in [0.1, 0.15) is 0 Å². The van der Waals surface area contributed by atoms with E-state index in [4.69, 9.17) is 16.1 Å². The Labute approximate surface area is 77.4 Å². The van der Waals surface area contributed by atoms with Crippen LogP contribution in [0.4, 0.5) is 0 Å². The Hall–Kier alpha value is -1.37. The van der Waals surface area contributed by atoms with Gasteiger partial charge in [-0.2, -0.15) is 5.26 Å². The summed E-state index contributed by atoms with van der Waals surface area (Å²) in [4.78, 5) is 0. The van der Waals surface area contributed by atoms with E-state index in [0.29, 0.717) is 6.42 Å². The monoisotopic (exact) mass is 176 g/mol. The van der Waals surface area contributed by atoms with Crippen LogP contribution in [-0.2, 0) is 6.61 Å². The van der Waals surface area contributed by atoms with E-state index < -0.39 is 0 Å². The molecule has 0 spiro atoms. The number of nitriles is 1. The highest BCUT2D eigenvalue weighted by atomic mass is 16.3. The van der Waals surface area contributed by atoms with Crippen molar-refractivity contribution in [3.8, 4) is 6.07 Å². The third-order valence-electron chi connectivity index (χ3n) is 1.87. The molecule has 0 radical (unpaired) electrons. The van der Waals surface area contributed by atoms with Gasteiger partial charge >= 0.3 is 0 Å². The van der Waals surface area contributed by atoms with Gasteiger partial charge in [0.15, 0.2) is 0 Å². The normalized spacial score (nSPS) is 12.1. The second-order valence-electron chi connectivity index (χ2n) is 2.87. The lowest BCUT2D eigenvalue weighted by Gasteiger charge is -2.08. The first-order valence-electron chi connectivity index (χ1n) is 4.10. The minimum atomic E-state index is -0.253. The zero-order valence-electron chi connectivity index (χ0n) is 7.27. The van der Waals surface area contributed by atoms with Gasteiger partial charge in [-0.05, 0) is 11.1 Å². The van der Waals surface area contributed by atoms with E-state index >= 15 is 0 Å². The smallest absolute Gasteiger partial charge is 0.0681 e. The summed E-state index contributed by atoms with van der Waals surface area (Å²) < 4.78 is 0. The molecule has 0 heterocycles. The Morgan fingerprint density at radius 2 is 2.31 bits per heavy atom. The maximum atomic E-state index is 8.87. The number of rotatable bonds is 3. The molecule has 0 aliphatic rings. The lowest BCUT2D eigenvalue weighted by molar-refractivity contribution is 0.281. The van der Waals surface area contributed by atoms with Crippen molar-refractivity contribution in [2.24, 2.45) is 5.73 Å². The van der Waals surface area contributed by atoms with Crippen LogP contribution in [-0.4, -0.2) is 5.11 Å². The minimum absolute atomic E-state index is 0.00706. The van der Waals surface area contributed by atoms with E-state index in [1.165, 1.54) is 0 Å². The topological polar surface area (TPSA) is 70.0 Å². The number of nitrogens with zero attached hydrogens (tertiary/aromatic N) is 1. The summed E-state index contributed by atoms with van der Waals surface area (Å²) in [7, 11) is 0. The van der Waals surface area contributed by atoms with Crippen LogP contribution in [0.15, 0.2) is 24.3 Å². The van der Waals surface area contributed by atoms with Crippen molar-refractivity contribution in [1.29, 1.82) is 5.26 Å². The summed E-state index contributed by atoms with van der Waals surface area (Å²) in [5.74, 6) is 0. The van der Waals surface area contributed by atoms with Gasteiger partial charge in [0.05, 0.1) is 19.1 Å². The molecular formula is C10H12N2O. The van der Waals surface area contributed by atoms with Crippen molar-refractivity contribution in [2.75, 3.05) is 0 Å². The van der Waals surface area contributed by atoms with Crippen LogP contribution in [0.5, 0.6) is 0 Å². The number of aliphatic hydroxyl groups is 1. The maximum absolute atomic E-state index is 8.87. The molecule has 0 aliphatic heterocycles. The van der Waals surface area contributed by atoms with Crippen molar-refractivity contribution in [3.63, 3.8) is 0 Å². The molecule has 0 amide bonds. The molecule has 3 N–H and O–H groups in total. The molecule has 0 aliphatic carbocycles. The van der Waals surface area contributed by atoms with Crippen LogP contribution in [0.25, 0.3) is 0 Å². The molecule has 1 rings (SSSR count). The summed E-state index contributed by atoms with van der Waals surface area (Å²) >= 11 is 0. The fraction of sp³-hybridized carbons (Fsp3) is 0.300. The molecule has 13 heavy (non-hydrogen) atoms. The maximum Gasteiger partial charge on any atom is 0.0681 e. The van der Waals surface area contributed by atoms with E-state index in [0.717, 1.165) is 11.1 Å². The van der Waals surface area contributed by atoms with Gasteiger partial charge in [0.25, 0.3) is 0 Å². The zero-order chi connectivity index (χ0) is 9.68. The average molecular weight is 176 g/mol. The van der Waals surface area contributed by atoms with Crippen LogP contribution in [0.1, 0.15) is 23.6 Å². The van der Waals surface area contributed by atoms with Crippen molar-refractivity contribution >= 4 is 0 Å². The van der Waals surface area contributed by atoms with Crippen LogP contribution in [0, 0.1) is 11.3 Å². The van der Waals surface area contributed by atoms with Crippen molar-refractivity contribution in [3.05, 3.63) is 35.4 Å². The van der Waals surface area contributed by atoms with E-state index in [2.05, 4.69) is 0 Å². The van der Waals surface area contributed by atoms with Gasteiger partial charge in [-0.1, -0.05) is 24.3 Å². The molecular weight excluding hydrogens is 164 g/mol. The van der Waals surface area contributed by atoms with Gasteiger partial charge in [-0.25, -0.2) is 0 Å². The molecule has 0 aromatic heterocycles. The SMILES string of the molecule is N#CC[C@H](N)c1cccc(CO)c1. The Bertz CT molecular complexity index is 317. The zero-order valence-corrected chi connectivity index (χ0v) is 7.27. The van der Waals surface area contributed by atoms with E-state index in [1.54, 1.807) is 0 Å². The summed E-state index contributed by atoms with van der Waals surface area (Å²) in [5.41, 5.74) is 7.45. The second-order valence-corrected chi connectivity index (χ2v) is 2.87. The Balaban J connectivity index is 2.83. The molecule has 0 unspecified atom stereocenters. The number of aliphatic hydroxyl groups excluding tert-OH is 1. The minimum Gasteiger partial charge on any atom is -0.392 e. The van der Waals surface area contributed by atoms with Crippen LogP contribution in [0.2, 0.25) is 0 Å². The highest BCUT2D eigenvalue weighted by Gasteiger charge is 2.04. The largest absolute Gasteiger partial charge is 0.392 e. The van der Waals surface area contributed by atoms with E-state index in [-0.39, 0.29) is 12.6 Å². The molecule has 68 valence electrons. The first-order valence-corrected chi connectivity index (χ1v) is 4.10. The molecule has 1 atom stereocenters. The summed E-state index contributed by atoms with van der Waals surface area (Å²) in [5, 5.41) is 17.3. The third kappa shape index (κ3) is 2.55. The molecule has 0 saturated heterocycles. The average Bonchev–Trinajstić information content (AvgIpc) is 2.18. The number of hydrogen-bond acceptors (Lipinski definition) is 3. The van der Waals surface area contributed by atoms with E-state index in [1.807, 2.05) is 30.3 Å². The molecule has 3 heteroatoms. The fourth-order valence-electron chi connectivity index (χ4n) is 1.14. The quantitative estimate of drug-likeness (QED) is 0.724. The predicted molar refractivity (Wildman–Crippen MR) is 49.5 cm³/mol. The molecule has 3 nitrogen and oxygen atoms in total.